The van der Waals surface area contributed by atoms with E-state index in [1.807, 2.05) is 37.5 Å². The average Bonchev–Trinajstić information content (AvgIpc) is 3.35. The Hall–Kier alpha value is -3.35. The topological polar surface area (TPSA) is 61.4 Å². The van der Waals surface area contributed by atoms with Gasteiger partial charge in [0.05, 0.1) is 17.9 Å². The highest BCUT2D eigenvalue weighted by Crippen LogP contribution is 2.26. The van der Waals surface area contributed by atoms with Crippen LogP contribution >= 0.6 is 0 Å². The summed E-state index contributed by atoms with van der Waals surface area (Å²) in [4.78, 5) is 4.45. The van der Waals surface area contributed by atoms with E-state index in [0.717, 1.165) is 23.4 Å². The molecule has 0 N–H and O–H groups in total. The van der Waals surface area contributed by atoms with Crippen LogP contribution in [0, 0.1) is 12.7 Å². The summed E-state index contributed by atoms with van der Waals surface area (Å²) in [5.74, 6) is -0.326. The smallest absolute Gasteiger partial charge is 0.124 e. The summed E-state index contributed by atoms with van der Waals surface area (Å²) in [5.41, 5.74) is 4.18. The number of aryl methyl sites for hydroxylation is 1. The highest BCUT2D eigenvalue weighted by molar-refractivity contribution is 5.69. The number of pyridine rings is 1. The summed E-state index contributed by atoms with van der Waals surface area (Å²) in [6.07, 6.45) is 7.87. The van der Waals surface area contributed by atoms with Gasteiger partial charge in [0.1, 0.15) is 11.5 Å². The zero-order valence-electron chi connectivity index (χ0n) is 15.1. The molecule has 0 radical (unpaired) electrons. The Kier molecular flexibility index (Phi) is 4.50. The highest BCUT2D eigenvalue weighted by atomic mass is 19.1. The molecule has 0 aliphatic rings. The van der Waals surface area contributed by atoms with Gasteiger partial charge >= 0.3 is 0 Å². The summed E-state index contributed by atoms with van der Waals surface area (Å²) in [6.45, 7) is 4.11. The second kappa shape index (κ2) is 7.11. The van der Waals surface area contributed by atoms with Gasteiger partial charge in [-0.15, -0.1) is 5.10 Å². The summed E-state index contributed by atoms with van der Waals surface area (Å²) >= 11 is 0. The van der Waals surface area contributed by atoms with Gasteiger partial charge in [-0.25, -0.2) is 13.8 Å². The number of hydrogen-bond acceptors (Lipinski definition) is 4. The standard InChI is InChI=1S/C20H19FN6/c1-14-5-3-8-22-18(14)11-15(2)27-13-19(24-25-27)17-12-16(21)6-7-20(17)26-10-4-9-23-26/h3-10,12-13,15H,11H2,1-2H3. The monoisotopic (exact) mass is 362 g/mol. The van der Waals surface area contributed by atoms with Gasteiger partial charge in [0, 0.05) is 36.3 Å². The molecule has 7 heteroatoms. The van der Waals surface area contributed by atoms with Crippen LogP contribution in [0.15, 0.2) is 61.2 Å². The molecule has 136 valence electrons. The molecule has 0 fully saturated rings. The van der Waals surface area contributed by atoms with Gasteiger partial charge in [0.25, 0.3) is 0 Å². The predicted molar refractivity (Wildman–Crippen MR) is 99.9 cm³/mol. The number of hydrogen-bond donors (Lipinski definition) is 0. The quantitative estimate of drug-likeness (QED) is 0.542. The van der Waals surface area contributed by atoms with Crippen molar-refractivity contribution in [2.45, 2.75) is 26.3 Å². The van der Waals surface area contributed by atoms with Gasteiger partial charge in [-0.05, 0) is 49.7 Å². The van der Waals surface area contributed by atoms with E-state index in [1.165, 1.54) is 12.1 Å². The van der Waals surface area contributed by atoms with E-state index in [2.05, 4.69) is 27.3 Å². The van der Waals surface area contributed by atoms with Crippen molar-refractivity contribution in [2.75, 3.05) is 0 Å². The lowest BCUT2D eigenvalue weighted by Crippen LogP contribution is -2.10. The van der Waals surface area contributed by atoms with Crippen LogP contribution in [0.2, 0.25) is 0 Å². The first-order valence-electron chi connectivity index (χ1n) is 8.74. The molecular formula is C20H19FN6. The lowest BCUT2D eigenvalue weighted by molar-refractivity contribution is 0.469. The van der Waals surface area contributed by atoms with Crippen LogP contribution in [0.5, 0.6) is 0 Å². The van der Waals surface area contributed by atoms with Crippen LogP contribution in [0.25, 0.3) is 16.9 Å². The lowest BCUT2D eigenvalue weighted by atomic mass is 10.1. The Bertz CT molecular complexity index is 1050. The SMILES string of the molecule is Cc1cccnc1CC(C)n1cc(-c2cc(F)ccc2-n2cccn2)nn1. The van der Waals surface area contributed by atoms with Crippen LogP contribution in [-0.4, -0.2) is 29.8 Å². The molecule has 3 aromatic heterocycles. The van der Waals surface area contributed by atoms with E-state index in [1.54, 1.807) is 27.8 Å². The summed E-state index contributed by atoms with van der Waals surface area (Å²) < 4.78 is 17.4. The van der Waals surface area contributed by atoms with E-state index in [9.17, 15) is 4.39 Å². The van der Waals surface area contributed by atoms with E-state index >= 15 is 0 Å². The van der Waals surface area contributed by atoms with Gasteiger partial charge in [-0.1, -0.05) is 11.3 Å². The average molecular weight is 362 g/mol. The fourth-order valence-corrected chi connectivity index (χ4v) is 3.05. The molecule has 0 saturated heterocycles. The summed E-state index contributed by atoms with van der Waals surface area (Å²) in [7, 11) is 0. The molecule has 0 bridgehead atoms. The van der Waals surface area contributed by atoms with E-state index in [-0.39, 0.29) is 11.9 Å². The van der Waals surface area contributed by atoms with Crippen molar-refractivity contribution in [2.24, 2.45) is 0 Å². The molecule has 3 heterocycles. The number of benzene rings is 1. The van der Waals surface area contributed by atoms with Crippen LogP contribution < -0.4 is 0 Å². The van der Waals surface area contributed by atoms with Gasteiger partial charge in [0.15, 0.2) is 0 Å². The molecule has 4 rings (SSSR count). The molecule has 0 spiro atoms. The van der Waals surface area contributed by atoms with E-state index in [4.69, 9.17) is 0 Å². The zero-order chi connectivity index (χ0) is 18.8. The van der Waals surface area contributed by atoms with Crippen LogP contribution in [-0.2, 0) is 6.42 Å². The maximum absolute atomic E-state index is 13.9. The van der Waals surface area contributed by atoms with Crippen molar-refractivity contribution < 1.29 is 4.39 Å². The fraction of sp³-hybridized carbons (Fsp3) is 0.200. The first-order chi connectivity index (χ1) is 13.1. The van der Waals surface area contributed by atoms with Crippen molar-refractivity contribution in [1.29, 1.82) is 0 Å². The van der Waals surface area contributed by atoms with E-state index in [0.29, 0.717) is 11.3 Å². The van der Waals surface area contributed by atoms with Crippen molar-refractivity contribution >= 4 is 0 Å². The molecule has 6 nitrogen and oxygen atoms in total. The molecule has 1 atom stereocenters. The van der Waals surface area contributed by atoms with E-state index < -0.39 is 0 Å². The molecular weight excluding hydrogens is 343 g/mol. The van der Waals surface area contributed by atoms with Gasteiger partial charge < -0.3 is 0 Å². The van der Waals surface area contributed by atoms with Gasteiger partial charge in [-0.3, -0.25) is 4.98 Å². The molecule has 0 saturated carbocycles. The van der Waals surface area contributed by atoms with Gasteiger partial charge in [-0.2, -0.15) is 5.10 Å². The first-order valence-corrected chi connectivity index (χ1v) is 8.74. The Morgan fingerprint density at radius 2 is 2.04 bits per heavy atom. The minimum atomic E-state index is -0.326. The molecule has 1 unspecified atom stereocenters. The molecule has 0 aliphatic heterocycles. The third-order valence-corrected chi connectivity index (χ3v) is 4.55. The fourth-order valence-electron chi connectivity index (χ4n) is 3.05. The van der Waals surface area contributed by atoms with Crippen molar-refractivity contribution in [3.8, 4) is 16.9 Å². The number of nitrogens with zero attached hydrogens (tertiary/aromatic N) is 6. The highest BCUT2D eigenvalue weighted by Gasteiger charge is 2.16. The number of aromatic nitrogens is 6. The summed E-state index contributed by atoms with van der Waals surface area (Å²) in [6, 6.07) is 10.4. The van der Waals surface area contributed by atoms with Crippen molar-refractivity contribution in [3.05, 3.63) is 78.3 Å². The molecule has 4 aromatic rings. The molecule has 1 aromatic carbocycles. The Balaban J connectivity index is 1.65. The van der Waals surface area contributed by atoms with Crippen LogP contribution in [0.4, 0.5) is 4.39 Å². The molecule has 27 heavy (non-hydrogen) atoms. The largest absolute Gasteiger partial charge is 0.261 e. The minimum absolute atomic E-state index is 0.0709. The minimum Gasteiger partial charge on any atom is -0.261 e. The van der Waals surface area contributed by atoms with Crippen LogP contribution in [0.3, 0.4) is 0 Å². The van der Waals surface area contributed by atoms with Crippen LogP contribution in [0.1, 0.15) is 24.2 Å². The predicted octanol–water partition coefficient (Wildman–Crippen LogP) is 3.78. The number of rotatable bonds is 5. The van der Waals surface area contributed by atoms with Crippen molar-refractivity contribution in [3.63, 3.8) is 0 Å². The maximum atomic E-state index is 13.9. The second-order valence-corrected chi connectivity index (χ2v) is 6.52. The van der Waals surface area contributed by atoms with Crippen molar-refractivity contribution in [1.82, 2.24) is 29.8 Å². The van der Waals surface area contributed by atoms with Gasteiger partial charge in [0.2, 0.25) is 0 Å². The normalized spacial score (nSPS) is 12.3. The second-order valence-electron chi connectivity index (χ2n) is 6.52. The Morgan fingerprint density at radius 1 is 1.15 bits per heavy atom. The Labute approximate surface area is 156 Å². The third kappa shape index (κ3) is 3.48. The zero-order valence-corrected chi connectivity index (χ0v) is 15.1. The summed E-state index contributed by atoms with van der Waals surface area (Å²) in [5, 5.41) is 12.8. The first kappa shape index (κ1) is 17.1. The molecule has 0 aliphatic carbocycles. The molecule has 0 amide bonds. The number of halogens is 1. The third-order valence-electron chi connectivity index (χ3n) is 4.55. The lowest BCUT2D eigenvalue weighted by Gasteiger charge is -2.12. The Morgan fingerprint density at radius 3 is 2.81 bits per heavy atom. The maximum Gasteiger partial charge on any atom is 0.124 e.